The zero-order valence-electron chi connectivity index (χ0n) is 11.7. The molecule has 1 aromatic rings. The maximum atomic E-state index is 12.0. The molecule has 0 aromatic carbocycles. The summed E-state index contributed by atoms with van der Waals surface area (Å²) in [6.07, 6.45) is 3.35. The van der Waals surface area contributed by atoms with Crippen LogP contribution in [0.15, 0.2) is 18.5 Å². The van der Waals surface area contributed by atoms with Gasteiger partial charge >= 0.3 is 5.97 Å². The zero-order chi connectivity index (χ0) is 14.6. The summed E-state index contributed by atoms with van der Waals surface area (Å²) in [6.45, 7) is 7.42. The lowest BCUT2D eigenvalue weighted by Crippen LogP contribution is -2.42. The van der Waals surface area contributed by atoms with Gasteiger partial charge in [-0.05, 0) is 29.5 Å². The van der Waals surface area contributed by atoms with Crippen molar-refractivity contribution >= 4 is 11.9 Å². The van der Waals surface area contributed by atoms with Gasteiger partial charge in [0.1, 0.15) is 5.92 Å². The van der Waals surface area contributed by atoms with Gasteiger partial charge in [-0.25, -0.2) is 0 Å². The minimum atomic E-state index is -1.10. The monoisotopic (exact) mass is 264 g/mol. The van der Waals surface area contributed by atoms with Crippen LogP contribution in [0.2, 0.25) is 0 Å². The predicted octanol–water partition coefficient (Wildman–Crippen LogP) is 1.75. The molecule has 0 fully saturated rings. The average Bonchev–Trinajstić information content (AvgIpc) is 2.25. The highest BCUT2D eigenvalue weighted by molar-refractivity contribution is 5.97. The van der Waals surface area contributed by atoms with E-state index >= 15 is 0 Å². The van der Waals surface area contributed by atoms with E-state index in [4.69, 9.17) is 5.11 Å². The molecule has 0 saturated carbocycles. The van der Waals surface area contributed by atoms with E-state index in [1.54, 1.807) is 33.2 Å². The van der Waals surface area contributed by atoms with Crippen molar-refractivity contribution in [3.63, 3.8) is 0 Å². The van der Waals surface area contributed by atoms with Crippen molar-refractivity contribution in [1.82, 2.24) is 10.3 Å². The fraction of sp³-hybridized carbons (Fsp3) is 0.500. The van der Waals surface area contributed by atoms with Gasteiger partial charge in [-0.2, -0.15) is 0 Å². The molecule has 19 heavy (non-hydrogen) atoms. The number of rotatable bonds is 4. The lowest BCUT2D eigenvalue weighted by Gasteiger charge is -2.26. The number of nitrogens with zero attached hydrogens (tertiary/aromatic N) is 1. The summed E-state index contributed by atoms with van der Waals surface area (Å²) >= 11 is 0. The van der Waals surface area contributed by atoms with Gasteiger partial charge in [0.05, 0.1) is 0 Å². The Hall–Kier alpha value is -1.91. The second-order valence-electron chi connectivity index (χ2n) is 5.66. The van der Waals surface area contributed by atoms with Crippen molar-refractivity contribution in [3.05, 3.63) is 29.6 Å². The molecular formula is C14H20N2O3. The van der Waals surface area contributed by atoms with Gasteiger partial charge in [-0.1, -0.05) is 20.8 Å². The largest absolute Gasteiger partial charge is 0.481 e. The van der Waals surface area contributed by atoms with Crippen molar-refractivity contribution in [2.24, 2.45) is 11.3 Å². The third-order valence-corrected chi connectivity index (χ3v) is 2.98. The van der Waals surface area contributed by atoms with E-state index in [0.29, 0.717) is 6.54 Å². The lowest BCUT2D eigenvalue weighted by atomic mass is 9.80. The van der Waals surface area contributed by atoms with Crippen molar-refractivity contribution in [2.75, 3.05) is 0 Å². The second kappa shape index (κ2) is 5.82. The molecule has 0 saturated heterocycles. The molecule has 1 unspecified atom stereocenters. The fourth-order valence-corrected chi connectivity index (χ4v) is 1.84. The van der Waals surface area contributed by atoms with Crippen molar-refractivity contribution in [3.8, 4) is 0 Å². The molecular weight excluding hydrogens is 244 g/mol. The van der Waals surface area contributed by atoms with E-state index in [-0.39, 0.29) is 0 Å². The van der Waals surface area contributed by atoms with E-state index in [1.165, 1.54) is 0 Å². The van der Waals surface area contributed by atoms with Gasteiger partial charge in [0.15, 0.2) is 0 Å². The fourth-order valence-electron chi connectivity index (χ4n) is 1.84. The number of amides is 1. The highest BCUT2D eigenvalue weighted by Crippen LogP contribution is 2.26. The number of carbonyl (C=O) groups excluding carboxylic acids is 1. The summed E-state index contributed by atoms with van der Waals surface area (Å²) in [4.78, 5) is 27.2. The van der Waals surface area contributed by atoms with Crippen LogP contribution in [0.1, 0.15) is 31.9 Å². The highest BCUT2D eigenvalue weighted by atomic mass is 16.4. The van der Waals surface area contributed by atoms with Crippen LogP contribution >= 0.6 is 0 Å². The first kappa shape index (κ1) is 15.1. The molecule has 1 heterocycles. The first-order valence-corrected chi connectivity index (χ1v) is 6.13. The van der Waals surface area contributed by atoms with Gasteiger partial charge in [-0.15, -0.1) is 0 Å². The first-order valence-electron chi connectivity index (χ1n) is 6.13. The molecule has 1 amide bonds. The number of aryl methyl sites for hydroxylation is 1. The number of carbonyl (C=O) groups is 2. The van der Waals surface area contributed by atoms with Crippen molar-refractivity contribution in [1.29, 1.82) is 0 Å². The molecule has 5 nitrogen and oxygen atoms in total. The lowest BCUT2D eigenvalue weighted by molar-refractivity contribution is -0.151. The maximum absolute atomic E-state index is 12.0. The number of carboxylic acids is 1. The van der Waals surface area contributed by atoms with Crippen LogP contribution in [-0.4, -0.2) is 22.0 Å². The predicted molar refractivity (Wildman–Crippen MR) is 71.4 cm³/mol. The molecule has 0 bridgehead atoms. The molecule has 0 aliphatic carbocycles. The van der Waals surface area contributed by atoms with Gasteiger partial charge in [0.25, 0.3) is 0 Å². The Bertz CT molecular complexity index is 478. The number of carboxylic acid groups (broad SMARTS) is 1. The molecule has 5 heteroatoms. The molecule has 0 aliphatic rings. The Morgan fingerprint density at radius 2 is 2.05 bits per heavy atom. The Labute approximate surface area is 113 Å². The minimum absolute atomic E-state index is 0.290. The van der Waals surface area contributed by atoms with Gasteiger partial charge < -0.3 is 10.4 Å². The summed E-state index contributed by atoms with van der Waals surface area (Å²) in [7, 11) is 0. The molecule has 0 radical (unpaired) electrons. The minimum Gasteiger partial charge on any atom is -0.481 e. The quantitative estimate of drug-likeness (QED) is 0.812. The van der Waals surface area contributed by atoms with E-state index in [9.17, 15) is 9.59 Å². The molecule has 1 rings (SSSR count). The molecule has 1 atom stereocenters. The van der Waals surface area contributed by atoms with Crippen molar-refractivity contribution < 1.29 is 14.7 Å². The summed E-state index contributed by atoms with van der Waals surface area (Å²) in [5.41, 5.74) is 1.27. The summed E-state index contributed by atoms with van der Waals surface area (Å²) < 4.78 is 0. The number of pyridine rings is 1. The summed E-state index contributed by atoms with van der Waals surface area (Å²) in [5, 5.41) is 11.8. The van der Waals surface area contributed by atoms with Crippen LogP contribution in [0, 0.1) is 18.3 Å². The van der Waals surface area contributed by atoms with Gasteiger partial charge in [-0.3, -0.25) is 14.6 Å². The Morgan fingerprint density at radius 1 is 1.42 bits per heavy atom. The van der Waals surface area contributed by atoms with E-state index in [2.05, 4.69) is 10.3 Å². The van der Waals surface area contributed by atoms with E-state index < -0.39 is 23.2 Å². The zero-order valence-corrected chi connectivity index (χ0v) is 11.7. The molecule has 104 valence electrons. The third-order valence-electron chi connectivity index (χ3n) is 2.98. The van der Waals surface area contributed by atoms with E-state index in [1.807, 2.05) is 13.0 Å². The van der Waals surface area contributed by atoms with Gasteiger partial charge in [0, 0.05) is 18.9 Å². The number of hydrogen-bond donors (Lipinski definition) is 2. The van der Waals surface area contributed by atoms with Crippen LogP contribution in [0.4, 0.5) is 0 Å². The van der Waals surface area contributed by atoms with Crippen LogP contribution in [0.25, 0.3) is 0 Å². The number of aromatic nitrogens is 1. The molecule has 0 aliphatic heterocycles. The Balaban J connectivity index is 2.74. The highest BCUT2D eigenvalue weighted by Gasteiger charge is 2.37. The first-order chi connectivity index (χ1) is 8.73. The van der Waals surface area contributed by atoms with E-state index in [0.717, 1.165) is 11.1 Å². The number of nitrogens with one attached hydrogen (secondary N) is 1. The molecule has 1 aromatic heterocycles. The number of aliphatic carboxylic acids is 1. The smallest absolute Gasteiger partial charge is 0.316 e. The van der Waals surface area contributed by atoms with Crippen LogP contribution in [0.3, 0.4) is 0 Å². The van der Waals surface area contributed by atoms with Gasteiger partial charge in [0.2, 0.25) is 5.91 Å². The molecule has 0 spiro atoms. The standard InChI is InChI=1S/C14H20N2O3/c1-9-5-6-15-7-10(9)8-16-12(17)11(13(18)19)14(2,3)4/h5-7,11H,8H2,1-4H3,(H,16,17)(H,18,19). The Morgan fingerprint density at radius 3 is 2.53 bits per heavy atom. The van der Waals surface area contributed by atoms with Crippen LogP contribution < -0.4 is 5.32 Å². The van der Waals surface area contributed by atoms with Crippen LogP contribution in [-0.2, 0) is 16.1 Å². The molecule has 2 N–H and O–H groups in total. The second-order valence-corrected chi connectivity index (χ2v) is 5.66. The summed E-state index contributed by atoms with van der Waals surface area (Å²) in [6, 6.07) is 1.85. The Kier molecular flexibility index (Phi) is 4.64. The maximum Gasteiger partial charge on any atom is 0.316 e. The third kappa shape index (κ3) is 4.05. The SMILES string of the molecule is Cc1ccncc1CNC(=O)C(C(=O)O)C(C)(C)C. The van der Waals surface area contributed by atoms with Crippen molar-refractivity contribution in [2.45, 2.75) is 34.2 Å². The normalized spacial score (nSPS) is 12.8. The van der Waals surface area contributed by atoms with Crippen LogP contribution in [0.5, 0.6) is 0 Å². The summed E-state index contributed by atoms with van der Waals surface area (Å²) in [5.74, 6) is -2.64. The topological polar surface area (TPSA) is 79.3 Å². The number of hydrogen-bond acceptors (Lipinski definition) is 3. The average molecular weight is 264 g/mol.